The van der Waals surface area contributed by atoms with Crippen LogP contribution in [0.1, 0.15) is 38.3 Å². The maximum Gasteiger partial charge on any atom is 0.209 e. The van der Waals surface area contributed by atoms with E-state index in [1.165, 1.54) is 17.0 Å². The summed E-state index contributed by atoms with van der Waals surface area (Å²) in [7, 11) is 5.54. The molecule has 0 radical (unpaired) electrons. The summed E-state index contributed by atoms with van der Waals surface area (Å²) in [6.45, 7) is 7.48. The summed E-state index contributed by atoms with van der Waals surface area (Å²) in [5.41, 5.74) is 5.84. The van der Waals surface area contributed by atoms with Gasteiger partial charge in [-0.3, -0.25) is 0 Å². The quantitative estimate of drug-likeness (QED) is 0.668. The van der Waals surface area contributed by atoms with E-state index in [2.05, 4.69) is 74.1 Å². The Labute approximate surface area is 168 Å². The molecule has 1 N–H and O–H groups in total. The number of hydrogen-bond acceptors (Lipinski definition) is 3. The predicted octanol–water partition coefficient (Wildman–Crippen LogP) is 5.25. The highest BCUT2D eigenvalue weighted by atomic mass is 16.5. The average Bonchev–Trinajstić information content (AvgIpc) is 2.94. The highest BCUT2D eigenvalue weighted by Gasteiger charge is 2.44. The van der Waals surface area contributed by atoms with Crippen molar-refractivity contribution in [2.24, 2.45) is 0 Å². The Morgan fingerprint density at radius 1 is 1.04 bits per heavy atom. The minimum absolute atomic E-state index is 0.0218. The van der Waals surface area contributed by atoms with E-state index in [4.69, 9.17) is 9.47 Å². The van der Waals surface area contributed by atoms with E-state index >= 15 is 0 Å². The summed E-state index contributed by atoms with van der Waals surface area (Å²) in [4.78, 5) is 0. The molecule has 2 aromatic carbocycles. The Hall–Kier alpha value is -2.75. The second kappa shape index (κ2) is 8.09. The SMILES string of the molecule is CCNc1cc(OC)c(/C=C/C2=[N+](C)c3ccccc3C2(C)CC)c(OC)c1. The molecule has 148 valence electrons. The highest BCUT2D eigenvalue weighted by molar-refractivity contribution is 6.06. The lowest BCUT2D eigenvalue weighted by molar-refractivity contribution is -0.401. The molecule has 1 atom stereocenters. The zero-order chi connectivity index (χ0) is 20.3. The Bertz CT molecular complexity index is 905. The number of nitrogens with one attached hydrogen (secondary N) is 1. The second-order valence-electron chi connectivity index (χ2n) is 7.31. The largest absolute Gasteiger partial charge is 0.496 e. The summed E-state index contributed by atoms with van der Waals surface area (Å²) in [6.07, 6.45) is 5.34. The Morgan fingerprint density at radius 2 is 1.68 bits per heavy atom. The van der Waals surface area contributed by atoms with Crippen LogP contribution in [0, 0.1) is 0 Å². The van der Waals surface area contributed by atoms with Gasteiger partial charge in [-0.15, -0.1) is 0 Å². The van der Waals surface area contributed by atoms with Crippen LogP contribution in [0.4, 0.5) is 11.4 Å². The summed E-state index contributed by atoms with van der Waals surface area (Å²) in [6, 6.07) is 12.7. The summed E-state index contributed by atoms with van der Waals surface area (Å²) < 4.78 is 13.6. The first-order valence-electron chi connectivity index (χ1n) is 9.88. The number of rotatable bonds is 7. The Morgan fingerprint density at radius 3 is 2.25 bits per heavy atom. The van der Waals surface area contributed by atoms with Crippen molar-refractivity contribution in [1.29, 1.82) is 0 Å². The van der Waals surface area contributed by atoms with Gasteiger partial charge in [0.1, 0.15) is 18.5 Å². The number of para-hydroxylation sites is 1. The number of ether oxygens (including phenoxy) is 2. The number of benzene rings is 2. The van der Waals surface area contributed by atoms with Gasteiger partial charge in [0.2, 0.25) is 5.69 Å². The molecule has 1 aliphatic heterocycles. The fourth-order valence-electron chi connectivity index (χ4n) is 4.11. The summed E-state index contributed by atoms with van der Waals surface area (Å²) >= 11 is 0. The van der Waals surface area contributed by atoms with Gasteiger partial charge in [0.25, 0.3) is 0 Å². The molecule has 1 aliphatic rings. The van der Waals surface area contributed by atoms with Gasteiger partial charge in [-0.2, -0.15) is 4.58 Å². The first-order valence-corrected chi connectivity index (χ1v) is 9.88. The third kappa shape index (κ3) is 3.28. The van der Waals surface area contributed by atoms with E-state index in [1.54, 1.807) is 14.2 Å². The van der Waals surface area contributed by atoms with Crippen molar-refractivity contribution in [2.75, 3.05) is 33.1 Å². The molecule has 4 heteroatoms. The lowest BCUT2D eigenvalue weighted by Gasteiger charge is -2.20. The molecule has 0 aromatic heterocycles. The molecule has 0 saturated heterocycles. The molecular formula is C24H31N2O2+. The average molecular weight is 380 g/mol. The van der Waals surface area contributed by atoms with Gasteiger partial charge in [0.15, 0.2) is 5.71 Å². The third-order valence-electron chi connectivity index (χ3n) is 5.83. The van der Waals surface area contributed by atoms with Gasteiger partial charge in [-0.05, 0) is 26.3 Å². The van der Waals surface area contributed by atoms with E-state index in [1.807, 2.05) is 12.1 Å². The smallest absolute Gasteiger partial charge is 0.209 e. The fraction of sp³-hybridized carbons (Fsp3) is 0.375. The van der Waals surface area contributed by atoms with Crippen LogP contribution in [-0.2, 0) is 5.41 Å². The third-order valence-corrected chi connectivity index (χ3v) is 5.83. The predicted molar refractivity (Wildman–Crippen MR) is 118 cm³/mol. The molecule has 2 aromatic rings. The molecule has 4 nitrogen and oxygen atoms in total. The lowest BCUT2D eigenvalue weighted by atomic mass is 9.77. The maximum atomic E-state index is 5.66. The summed E-state index contributed by atoms with van der Waals surface area (Å²) in [5, 5.41) is 3.33. The van der Waals surface area contributed by atoms with Crippen LogP contribution in [-0.4, -0.2) is 38.1 Å². The van der Waals surface area contributed by atoms with Crippen molar-refractivity contribution in [3.63, 3.8) is 0 Å². The first-order chi connectivity index (χ1) is 13.5. The van der Waals surface area contributed by atoms with Crippen molar-refractivity contribution >= 4 is 23.2 Å². The number of allylic oxidation sites excluding steroid dienone is 1. The minimum Gasteiger partial charge on any atom is -0.496 e. The zero-order valence-electron chi connectivity index (χ0n) is 17.8. The minimum atomic E-state index is -0.0218. The van der Waals surface area contributed by atoms with Crippen molar-refractivity contribution in [3.05, 3.63) is 53.6 Å². The normalized spacial score (nSPS) is 18.5. The van der Waals surface area contributed by atoms with Crippen LogP contribution < -0.4 is 14.8 Å². The monoisotopic (exact) mass is 379 g/mol. The topological polar surface area (TPSA) is 33.5 Å². The lowest BCUT2D eigenvalue weighted by Crippen LogP contribution is -2.29. The first kappa shape index (κ1) is 20.0. The molecule has 3 rings (SSSR count). The van der Waals surface area contributed by atoms with Crippen LogP contribution in [0.3, 0.4) is 0 Å². The molecular weight excluding hydrogens is 348 g/mol. The highest BCUT2D eigenvalue weighted by Crippen LogP contribution is 2.42. The molecule has 0 bridgehead atoms. The maximum absolute atomic E-state index is 5.66. The number of anilines is 1. The van der Waals surface area contributed by atoms with Gasteiger partial charge >= 0.3 is 0 Å². The van der Waals surface area contributed by atoms with Crippen LogP contribution in [0.5, 0.6) is 11.5 Å². The van der Waals surface area contributed by atoms with Crippen molar-refractivity contribution in [2.45, 2.75) is 32.6 Å². The van der Waals surface area contributed by atoms with E-state index in [9.17, 15) is 0 Å². The number of nitrogens with zero attached hydrogens (tertiary/aromatic N) is 1. The molecule has 1 heterocycles. The molecule has 1 unspecified atom stereocenters. The fourth-order valence-corrected chi connectivity index (χ4v) is 4.11. The molecule has 0 aliphatic carbocycles. The van der Waals surface area contributed by atoms with Gasteiger partial charge in [-0.25, -0.2) is 0 Å². The van der Waals surface area contributed by atoms with Crippen molar-refractivity contribution in [1.82, 2.24) is 0 Å². The van der Waals surface area contributed by atoms with E-state index in [0.29, 0.717) is 0 Å². The van der Waals surface area contributed by atoms with Crippen LogP contribution in [0.15, 0.2) is 42.5 Å². The van der Waals surface area contributed by atoms with Crippen LogP contribution >= 0.6 is 0 Å². The molecule has 0 spiro atoms. The van der Waals surface area contributed by atoms with Crippen LogP contribution in [0.25, 0.3) is 6.08 Å². The van der Waals surface area contributed by atoms with Crippen molar-refractivity contribution < 1.29 is 14.0 Å². The van der Waals surface area contributed by atoms with Crippen LogP contribution in [0.2, 0.25) is 0 Å². The van der Waals surface area contributed by atoms with Gasteiger partial charge in [0.05, 0.1) is 25.2 Å². The number of methoxy groups -OCH3 is 2. The van der Waals surface area contributed by atoms with E-state index < -0.39 is 0 Å². The van der Waals surface area contributed by atoms with Crippen molar-refractivity contribution in [3.8, 4) is 11.5 Å². The van der Waals surface area contributed by atoms with Gasteiger partial charge in [-0.1, -0.05) is 25.1 Å². The van der Waals surface area contributed by atoms with Gasteiger partial charge < -0.3 is 14.8 Å². The Balaban J connectivity index is 2.08. The number of fused-ring (bicyclic) bond motifs is 1. The van der Waals surface area contributed by atoms with Gasteiger partial charge in [0, 0.05) is 42.1 Å². The zero-order valence-corrected chi connectivity index (χ0v) is 17.8. The standard InChI is InChI=1S/C24H30N2O2/c1-7-24(3)19-11-9-10-12-20(19)26(4)23(24)14-13-18-21(27-5)15-17(25-8-2)16-22(18)28-6/h9-16H,7-8H2,1-6H3/p+1. The molecule has 0 saturated carbocycles. The molecule has 28 heavy (non-hydrogen) atoms. The van der Waals surface area contributed by atoms with E-state index in [0.717, 1.165) is 35.7 Å². The Kier molecular flexibility index (Phi) is 5.78. The summed E-state index contributed by atoms with van der Waals surface area (Å²) in [5.74, 6) is 1.59. The molecule has 0 amide bonds. The second-order valence-corrected chi connectivity index (χ2v) is 7.31. The molecule has 0 fully saturated rings. The number of hydrogen-bond donors (Lipinski definition) is 1. The van der Waals surface area contributed by atoms with E-state index in [-0.39, 0.29) is 5.41 Å².